The van der Waals surface area contributed by atoms with Crippen molar-refractivity contribution >= 4 is 31.9 Å². The highest BCUT2D eigenvalue weighted by molar-refractivity contribution is 9.10. The molecule has 1 aromatic heterocycles. The van der Waals surface area contributed by atoms with Crippen LogP contribution in [0.25, 0.3) is 0 Å². The van der Waals surface area contributed by atoms with Gasteiger partial charge in [0.15, 0.2) is 0 Å². The first-order chi connectivity index (χ1) is 8.61. The molecular weight excluding hydrogens is 360 g/mol. The maximum atomic E-state index is 10.3. The molecule has 1 heterocycles. The van der Waals surface area contributed by atoms with Crippen molar-refractivity contribution in [3.8, 4) is 0 Å². The third kappa shape index (κ3) is 3.02. The highest BCUT2D eigenvalue weighted by atomic mass is 79.9. The molecule has 0 bridgehead atoms. The van der Waals surface area contributed by atoms with Crippen LogP contribution < -0.4 is 0 Å². The number of benzene rings is 1. The zero-order valence-corrected chi connectivity index (χ0v) is 13.1. The van der Waals surface area contributed by atoms with Crippen LogP contribution in [0.1, 0.15) is 24.3 Å². The lowest BCUT2D eigenvalue weighted by Crippen LogP contribution is -2.10. The number of halogens is 2. The van der Waals surface area contributed by atoms with Gasteiger partial charge >= 0.3 is 0 Å². The quantitative estimate of drug-likeness (QED) is 0.887. The highest BCUT2D eigenvalue weighted by Crippen LogP contribution is 2.26. The molecule has 0 saturated heterocycles. The van der Waals surface area contributed by atoms with E-state index in [4.69, 9.17) is 0 Å². The molecule has 0 aliphatic heterocycles. The Balaban J connectivity index is 2.21. The van der Waals surface area contributed by atoms with E-state index < -0.39 is 6.10 Å². The van der Waals surface area contributed by atoms with E-state index in [1.165, 1.54) is 0 Å². The molecule has 0 aliphatic rings. The summed E-state index contributed by atoms with van der Waals surface area (Å²) in [6, 6.07) is 7.97. The van der Waals surface area contributed by atoms with Crippen molar-refractivity contribution in [1.82, 2.24) is 9.78 Å². The standard InChI is InChI=1S/C13H14Br2N2O/c1-2-17-13(11(15)8-16-17)12(18)7-9-4-3-5-10(14)6-9/h3-6,8,12,18H,2,7H2,1H3. The molecule has 0 aliphatic carbocycles. The van der Waals surface area contributed by atoms with Crippen LogP contribution in [-0.4, -0.2) is 14.9 Å². The summed E-state index contributed by atoms with van der Waals surface area (Å²) in [5.74, 6) is 0. The summed E-state index contributed by atoms with van der Waals surface area (Å²) >= 11 is 6.87. The van der Waals surface area contributed by atoms with Crippen molar-refractivity contribution in [2.75, 3.05) is 0 Å². The van der Waals surface area contributed by atoms with Gasteiger partial charge in [-0.3, -0.25) is 4.68 Å². The van der Waals surface area contributed by atoms with Crippen molar-refractivity contribution in [2.45, 2.75) is 26.0 Å². The van der Waals surface area contributed by atoms with Gasteiger partial charge in [-0.15, -0.1) is 0 Å². The van der Waals surface area contributed by atoms with Gasteiger partial charge in [0.05, 0.1) is 16.4 Å². The fourth-order valence-electron chi connectivity index (χ4n) is 1.94. The fraction of sp³-hybridized carbons (Fsp3) is 0.308. The molecule has 3 nitrogen and oxygen atoms in total. The van der Waals surface area contributed by atoms with Gasteiger partial charge < -0.3 is 5.11 Å². The fourth-order valence-corrected chi connectivity index (χ4v) is 2.95. The van der Waals surface area contributed by atoms with Crippen molar-refractivity contribution in [3.63, 3.8) is 0 Å². The maximum Gasteiger partial charge on any atom is 0.101 e. The zero-order valence-electron chi connectivity index (χ0n) is 9.98. The summed E-state index contributed by atoms with van der Waals surface area (Å²) in [5.41, 5.74) is 1.92. The summed E-state index contributed by atoms with van der Waals surface area (Å²) in [5, 5.41) is 14.6. The predicted octanol–water partition coefficient (Wildman–Crippen LogP) is 3.70. The van der Waals surface area contributed by atoms with Gasteiger partial charge in [0.2, 0.25) is 0 Å². The average Bonchev–Trinajstić information content (AvgIpc) is 2.70. The first kappa shape index (κ1) is 13.8. The van der Waals surface area contributed by atoms with Crippen LogP contribution in [-0.2, 0) is 13.0 Å². The van der Waals surface area contributed by atoms with Gasteiger partial charge in [0.1, 0.15) is 6.10 Å². The number of aromatic nitrogens is 2. The molecule has 5 heteroatoms. The second-order valence-electron chi connectivity index (χ2n) is 4.04. The SMILES string of the molecule is CCn1ncc(Br)c1C(O)Cc1cccc(Br)c1. The molecule has 1 unspecified atom stereocenters. The van der Waals surface area contributed by atoms with E-state index in [1.54, 1.807) is 6.20 Å². The molecule has 2 rings (SSSR count). The van der Waals surface area contributed by atoms with E-state index in [2.05, 4.69) is 37.0 Å². The Morgan fingerprint density at radius 3 is 2.83 bits per heavy atom. The predicted molar refractivity (Wildman–Crippen MR) is 78.4 cm³/mol. The lowest BCUT2D eigenvalue weighted by atomic mass is 10.1. The van der Waals surface area contributed by atoms with Crippen LogP contribution in [0.3, 0.4) is 0 Å². The van der Waals surface area contributed by atoms with Gasteiger partial charge in [-0.25, -0.2) is 0 Å². The van der Waals surface area contributed by atoms with Crippen LogP contribution >= 0.6 is 31.9 Å². The summed E-state index contributed by atoms with van der Waals surface area (Å²) in [4.78, 5) is 0. The van der Waals surface area contributed by atoms with Gasteiger partial charge in [-0.05, 0) is 40.5 Å². The Morgan fingerprint density at radius 1 is 1.39 bits per heavy atom. The molecule has 1 aromatic carbocycles. The third-order valence-electron chi connectivity index (χ3n) is 2.77. The number of hydrogen-bond donors (Lipinski definition) is 1. The van der Waals surface area contributed by atoms with Gasteiger partial charge in [0.25, 0.3) is 0 Å². The monoisotopic (exact) mass is 372 g/mol. The second kappa shape index (κ2) is 5.99. The Bertz CT molecular complexity index is 540. The van der Waals surface area contributed by atoms with E-state index in [9.17, 15) is 5.11 Å². The van der Waals surface area contributed by atoms with E-state index in [1.807, 2.05) is 35.9 Å². The van der Waals surface area contributed by atoms with Crippen LogP contribution in [0.2, 0.25) is 0 Å². The molecule has 0 saturated carbocycles. The summed E-state index contributed by atoms with van der Waals surface area (Å²) < 4.78 is 3.69. The van der Waals surface area contributed by atoms with Crippen molar-refractivity contribution in [3.05, 3.63) is 50.7 Å². The van der Waals surface area contributed by atoms with Crippen LogP contribution in [0.15, 0.2) is 39.4 Å². The molecule has 1 atom stereocenters. The van der Waals surface area contributed by atoms with E-state index in [-0.39, 0.29) is 0 Å². The van der Waals surface area contributed by atoms with Crippen LogP contribution in [0.5, 0.6) is 0 Å². The number of aliphatic hydroxyl groups excluding tert-OH is 1. The normalized spacial score (nSPS) is 12.7. The highest BCUT2D eigenvalue weighted by Gasteiger charge is 2.17. The minimum Gasteiger partial charge on any atom is -0.386 e. The number of aliphatic hydroxyl groups is 1. The maximum absolute atomic E-state index is 10.3. The number of nitrogens with zero attached hydrogens (tertiary/aromatic N) is 2. The van der Waals surface area contributed by atoms with Gasteiger partial charge in [0, 0.05) is 17.4 Å². The van der Waals surface area contributed by atoms with Gasteiger partial charge in [-0.2, -0.15) is 5.10 Å². The van der Waals surface area contributed by atoms with Crippen molar-refractivity contribution < 1.29 is 5.11 Å². The molecule has 0 amide bonds. The molecule has 0 spiro atoms. The molecule has 96 valence electrons. The Hall–Kier alpha value is -0.650. The second-order valence-corrected chi connectivity index (χ2v) is 5.81. The third-order valence-corrected chi connectivity index (χ3v) is 3.87. The topological polar surface area (TPSA) is 38.0 Å². The molecular formula is C13H14Br2N2O. The minimum atomic E-state index is -0.559. The van der Waals surface area contributed by atoms with Crippen LogP contribution in [0.4, 0.5) is 0 Å². The van der Waals surface area contributed by atoms with Crippen molar-refractivity contribution in [1.29, 1.82) is 0 Å². The Kier molecular flexibility index (Phi) is 4.59. The number of hydrogen-bond acceptors (Lipinski definition) is 2. The molecule has 1 N–H and O–H groups in total. The first-order valence-corrected chi connectivity index (χ1v) is 7.34. The average molecular weight is 374 g/mol. The smallest absolute Gasteiger partial charge is 0.101 e. The van der Waals surface area contributed by atoms with Gasteiger partial charge in [-0.1, -0.05) is 28.1 Å². The lowest BCUT2D eigenvalue weighted by Gasteiger charge is -2.13. The summed E-state index contributed by atoms with van der Waals surface area (Å²) in [6.07, 6.45) is 1.74. The largest absolute Gasteiger partial charge is 0.386 e. The minimum absolute atomic E-state index is 0.559. The number of rotatable bonds is 4. The summed E-state index contributed by atoms with van der Waals surface area (Å²) in [6.45, 7) is 2.76. The summed E-state index contributed by atoms with van der Waals surface area (Å²) in [7, 11) is 0. The van der Waals surface area contributed by atoms with Crippen molar-refractivity contribution in [2.24, 2.45) is 0 Å². The first-order valence-electron chi connectivity index (χ1n) is 5.75. The Labute approximate surface area is 123 Å². The Morgan fingerprint density at radius 2 is 2.17 bits per heavy atom. The molecule has 0 fully saturated rings. The molecule has 0 radical (unpaired) electrons. The molecule has 2 aromatic rings. The van der Waals surface area contributed by atoms with E-state index >= 15 is 0 Å². The van der Waals surface area contributed by atoms with E-state index in [0.717, 1.165) is 26.7 Å². The lowest BCUT2D eigenvalue weighted by molar-refractivity contribution is 0.166. The number of aryl methyl sites for hydroxylation is 1. The molecule has 18 heavy (non-hydrogen) atoms. The van der Waals surface area contributed by atoms with Crippen LogP contribution in [0, 0.1) is 0 Å². The van der Waals surface area contributed by atoms with E-state index in [0.29, 0.717) is 6.42 Å². The zero-order chi connectivity index (χ0) is 13.1.